The number of ether oxygens (including phenoxy) is 2. The average molecular weight is 442 g/mol. The SMILES string of the molecule is FC(F)(F)Oc1cc(OC(F)(F)F)cc(P(C2CCCCC2)C2CCCCC2)c1. The molecule has 0 radical (unpaired) electrons. The Labute approximate surface area is 167 Å². The van der Waals surface area contributed by atoms with E-state index in [9.17, 15) is 26.3 Å². The standard InChI is InChI=1S/C20H25F6O2P/c21-19(22,23)27-14-11-15(28-20(24,25)26)13-18(12-14)29(16-7-3-1-4-8-16)17-9-5-2-6-10-17/h11-13,16-17H,1-10H2. The van der Waals surface area contributed by atoms with Crippen molar-refractivity contribution < 1.29 is 35.8 Å². The van der Waals surface area contributed by atoms with E-state index in [2.05, 4.69) is 9.47 Å². The normalized spacial score (nSPS) is 20.1. The molecule has 0 bridgehead atoms. The lowest BCUT2D eigenvalue weighted by atomic mass is 9.99. The van der Waals surface area contributed by atoms with E-state index in [0.29, 0.717) is 22.7 Å². The zero-order chi connectivity index (χ0) is 21.1. The quantitative estimate of drug-likeness (QED) is 0.353. The van der Waals surface area contributed by atoms with Gasteiger partial charge in [-0.1, -0.05) is 46.4 Å². The van der Waals surface area contributed by atoms with E-state index in [1.165, 1.54) is 12.1 Å². The lowest BCUT2D eigenvalue weighted by molar-refractivity contribution is -0.276. The molecule has 0 heterocycles. The van der Waals surface area contributed by atoms with E-state index >= 15 is 0 Å². The van der Waals surface area contributed by atoms with Crippen molar-refractivity contribution in [2.24, 2.45) is 0 Å². The zero-order valence-electron chi connectivity index (χ0n) is 16.0. The molecule has 0 aromatic heterocycles. The van der Waals surface area contributed by atoms with E-state index in [4.69, 9.17) is 0 Å². The van der Waals surface area contributed by atoms with Gasteiger partial charge in [0.15, 0.2) is 0 Å². The Morgan fingerprint density at radius 1 is 0.621 bits per heavy atom. The van der Waals surface area contributed by atoms with Crippen molar-refractivity contribution in [3.05, 3.63) is 18.2 Å². The summed E-state index contributed by atoms with van der Waals surface area (Å²) in [6, 6.07) is 3.23. The summed E-state index contributed by atoms with van der Waals surface area (Å²) in [6.07, 6.45) is 0.421. The van der Waals surface area contributed by atoms with Crippen LogP contribution in [0, 0.1) is 0 Å². The molecule has 9 heteroatoms. The molecule has 1 aromatic rings. The van der Waals surface area contributed by atoms with Crippen LogP contribution in [0.4, 0.5) is 26.3 Å². The van der Waals surface area contributed by atoms with Crippen molar-refractivity contribution >= 4 is 13.2 Å². The molecule has 3 rings (SSSR count). The van der Waals surface area contributed by atoms with Crippen molar-refractivity contribution in [1.29, 1.82) is 0 Å². The third-order valence-electron chi connectivity index (χ3n) is 5.57. The second-order valence-corrected chi connectivity index (χ2v) is 10.5. The van der Waals surface area contributed by atoms with Crippen LogP contribution >= 0.6 is 7.92 Å². The minimum absolute atomic E-state index is 0.321. The van der Waals surface area contributed by atoms with Crippen LogP contribution in [-0.4, -0.2) is 24.0 Å². The van der Waals surface area contributed by atoms with Gasteiger partial charge in [0.1, 0.15) is 11.5 Å². The molecule has 0 aliphatic heterocycles. The van der Waals surface area contributed by atoms with Gasteiger partial charge in [-0.05, 0) is 54.4 Å². The maximum atomic E-state index is 12.8. The third-order valence-corrected chi connectivity index (χ3v) is 9.03. The van der Waals surface area contributed by atoms with Crippen LogP contribution in [0.1, 0.15) is 64.2 Å². The summed E-state index contributed by atoms with van der Waals surface area (Å²) in [5.74, 6) is -1.29. The fraction of sp³-hybridized carbons (Fsp3) is 0.700. The summed E-state index contributed by atoms with van der Waals surface area (Å²) in [5.41, 5.74) is 0.642. The summed E-state index contributed by atoms with van der Waals surface area (Å²) in [6.45, 7) is 0. The van der Waals surface area contributed by atoms with Crippen molar-refractivity contribution in [1.82, 2.24) is 0 Å². The van der Waals surface area contributed by atoms with Gasteiger partial charge in [0.05, 0.1) is 0 Å². The number of alkyl halides is 6. The first-order valence-corrected chi connectivity index (χ1v) is 11.5. The molecule has 2 saturated carbocycles. The van der Waals surface area contributed by atoms with Crippen molar-refractivity contribution in [2.75, 3.05) is 0 Å². The van der Waals surface area contributed by atoms with Crippen LogP contribution in [0.5, 0.6) is 11.5 Å². The number of hydrogen-bond acceptors (Lipinski definition) is 2. The van der Waals surface area contributed by atoms with Crippen LogP contribution in [0.3, 0.4) is 0 Å². The number of benzene rings is 1. The van der Waals surface area contributed by atoms with Crippen LogP contribution in [0.15, 0.2) is 18.2 Å². The van der Waals surface area contributed by atoms with Gasteiger partial charge < -0.3 is 9.47 Å². The molecule has 2 nitrogen and oxygen atoms in total. The molecule has 0 atom stereocenters. The van der Waals surface area contributed by atoms with E-state index < -0.39 is 32.1 Å². The van der Waals surface area contributed by atoms with E-state index in [1.807, 2.05) is 0 Å². The molecule has 2 aliphatic rings. The van der Waals surface area contributed by atoms with Gasteiger partial charge in [-0.15, -0.1) is 26.3 Å². The number of hydrogen-bond donors (Lipinski definition) is 0. The fourth-order valence-corrected chi connectivity index (χ4v) is 8.36. The summed E-state index contributed by atoms with van der Waals surface area (Å²) < 4.78 is 84.6. The van der Waals surface area contributed by atoms with Gasteiger partial charge in [-0.3, -0.25) is 0 Å². The third kappa shape index (κ3) is 6.94. The lowest BCUT2D eigenvalue weighted by Crippen LogP contribution is -2.27. The molecule has 0 saturated heterocycles. The Morgan fingerprint density at radius 3 is 1.34 bits per heavy atom. The van der Waals surface area contributed by atoms with Gasteiger partial charge in [0.25, 0.3) is 0 Å². The molecular weight excluding hydrogens is 417 g/mol. The first-order chi connectivity index (χ1) is 13.6. The second kappa shape index (κ2) is 9.32. The van der Waals surface area contributed by atoms with Crippen molar-refractivity contribution in [3.63, 3.8) is 0 Å². The van der Waals surface area contributed by atoms with Gasteiger partial charge in [-0.2, -0.15) is 0 Å². The zero-order valence-corrected chi connectivity index (χ0v) is 16.9. The number of halogens is 6. The highest BCUT2D eigenvalue weighted by molar-refractivity contribution is 7.67. The maximum absolute atomic E-state index is 12.8. The molecular formula is C20H25F6O2P. The molecule has 29 heavy (non-hydrogen) atoms. The Kier molecular flexibility index (Phi) is 7.23. The minimum Gasteiger partial charge on any atom is -0.406 e. The van der Waals surface area contributed by atoms with Crippen molar-refractivity contribution in [2.45, 2.75) is 88.3 Å². The average Bonchev–Trinajstić information content (AvgIpc) is 2.61. The molecule has 0 N–H and O–H groups in total. The Bertz CT molecular complexity index is 612. The van der Waals surface area contributed by atoms with Gasteiger partial charge in [0.2, 0.25) is 0 Å². The highest BCUT2D eigenvalue weighted by atomic mass is 31.1. The highest BCUT2D eigenvalue weighted by Crippen LogP contribution is 2.55. The molecule has 0 amide bonds. The topological polar surface area (TPSA) is 18.5 Å². The first kappa shape index (κ1) is 22.5. The summed E-state index contributed by atoms with van der Waals surface area (Å²) in [5, 5.41) is 0.528. The molecule has 0 spiro atoms. The van der Waals surface area contributed by atoms with Crippen LogP contribution < -0.4 is 14.8 Å². The predicted molar refractivity (Wildman–Crippen MR) is 100 cm³/mol. The summed E-state index contributed by atoms with van der Waals surface area (Å²) in [4.78, 5) is 0. The van der Waals surface area contributed by atoms with E-state index in [1.54, 1.807) is 0 Å². The van der Waals surface area contributed by atoms with Crippen molar-refractivity contribution in [3.8, 4) is 11.5 Å². The fourth-order valence-electron chi connectivity index (χ4n) is 4.53. The highest BCUT2D eigenvalue weighted by Gasteiger charge is 2.37. The van der Waals surface area contributed by atoms with E-state index in [-0.39, 0.29) is 0 Å². The molecule has 2 fully saturated rings. The summed E-state index contributed by atoms with van der Waals surface area (Å²) >= 11 is 0. The lowest BCUT2D eigenvalue weighted by Gasteiger charge is -2.39. The van der Waals surface area contributed by atoms with Crippen LogP contribution in [0.2, 0.25) is 0 Å². The number of rotatable bonds is 5. The Balaban J connectivity index is 1.99. The smallest absolute Gasteiger partial charge is 0.406 e. The first-order valence-electron chi connectivity index (χ1n) is 10.1. The molecule has 1 aromatic carbocycles. The van der Waals surface area contributed by atoms with Gasteiger partial charge >= 0.3 is 12.7 Å². The van der Waals surface area contributed by atoms with Gasteiger partial charge in [0, 0.05) is 6.07 Å². The monoisotopic (exact) mass is 442 g/mol. The maximum Gasteiger partial charge on any atom is 0.573 e. The van der Waals surface area contributed by atoms with Crippen LogP contribution in [-0.2, 0) is 0 Å². The van der Waals surface area contributed by atoms with Gasteiger partial charge in [-0.25, -0.2) is 0 Å². The second-order valence-electron chi connectivity index (χ2n) is 7.75. The molecule has 2 aliphatic carbocycles. The predicted octanol–water partition coefficient (Wildman–Crippen LogP) is 7.26. The largest absolute Gasteiger partial charge is 0.573 e. The Morgan fingerprint density at radius 2 is 1.00 bits per heavy atom. The van der Waals surface area contributed by atoms with Crippen LogP contribution in [0.25, 0.3) is 0 Å². The van der Waals surface area contributed by atoms with E-state index in [0.717, 1.165) is 64.2 Å². The molecule has 164 valence electrons. The summed E-state index contributed by atoms with van der Waals surface area (Å²) in [7, 11) is -0.902. The minimum atomic E-state index is -4.98. The molecule has 0 unspecified atom stereocenters. The Hall–Kier alpha value is -1.17.